The van der Waals surface area contributed by atoms with Crippen LogP contribution in [0.3, 0.4) is 0 Å². The number of fused-ring (bicyclic) bond motifs is 1. The van der Waals surface area contributed by atoms with Crippen molar-refractivity contribution in [3.8, 4) is 5.88 Å². The van der Waals surface area contributed by atoms with Crippen LogP contribution in [-0.4, -0.2) is 59.1 Å². The standard InChI is InChI=1S/C19H28N4O2/c1-2-25-18-7-3-6-17(20-18)21-19(24)22-12-10-16-14(13-22)5-4-11-23(16)15-8-9-15/h3,6-7,14-16H,2,4-5,8-13H2,1H3,(H,20,21,24)/t14-,16+/m0/s1. The third-order valence-corrected chi connectivity index (χ3v) is 5.66. The van der Waals surface area contributed by atoms with E-state index in [4.69, 9.17) is 4.74 Å². The average Bonchev–Trinajstić information content (AvgIpc) is 3.46. The molecule has 1 saturated carbocycles. The maximum Gasteiger partial charge on any atom is 0.323 e. The summed E-state index contributed by atoms with van der Waals surface area (Å²) in [6, 6.07) is 6.95. The summed E-state index contributed by atoms with van der Waals surface area (Å²) in [4.78, 5) is 21.7. The predicted octanol–water partition coefficient (Wildman–Crippen LogP) is 2.96. The molecule has 0 aromatic carbocycles. The molecule has 2 saturated heterocycles. The van der Waals surface area contributed by atoms with E-state index >= 15 is 0 Å². The smallest absolute Gasteiger partial charge is 0.323 e. The van der Waals surface area contributed by atoms with Gasteiger partial charge in [0, 0.05) is 31.2 Å². The van der Waals surface area contributed by atoms with Gasteiger partial charge < -0.3 is 9.64 Å². The number of likely N-dealkylation sites (tertiary alicyclic amines) is 2. The monoisotopic (exact) mass is 344 g/mol. The molecule has 1 aromatic heterocycles. The Bertz CT molecular complexity index is 619. The summed E-state index contributed by atoms with van der Waals surface area (Å²) in [5.41, 5.74) is 0. The first-order valence-electron chi connectivity index (χ1n) is 9.66. The number of nitrogens with zero attached hydrogens (tertiary/aromatic N) is 3. The molecule has 0 unspecified atom stereocenters. The van der Waals surface area contributed by atoms with Crippen molar-refractivity contribution in [2.24, 2.45) is 5.92 Å². The Morgan fingerprint density at radius 3 is 2.96 bits per heavy atom. The van der Waals surface area contributed by atoms with Gasteiger partial charge >= 0.3 is 6.03 Å². The number of ether oxygens (including phenoxy) is 1. The lowest BCUT2D eigenvalue weighted by Crippen LogP contribution is -2.56. The van der Waals surface area contributed by atoms with Crippen LogP contribution in [-0.2, 0) is 0 Å². The summed E-state index contributed by atoms with van der Waals surface area (Å²) in [6.45, 7) is 5.45. The van der Waals surface area contributed by atoms with Gasteiger partial charge in [-0.05, 0) is 57.6 Å². The molecule has 25 heavy (non-hydrogen) atoms. The van der Waals surface area contributed by atoms with Gasteiger partial charge in [-0.2, -0.15) is 4.98 Å². The van der Waals surface area contributed by atoms with Gasteiger partial charge in [0.2, 0.25) is 5.88 Å². The van der Waals surface area contributed by atoms with Gasteiger partial charge in [0.1, 0.15) is 5.82 Å². The van der Waals surface area contributed by atoms with Crippen LogP contribution < -0.4 is 10.1 Å². The van der Waals surface area contributed by atoms with Gasteiger partial charge in [-0.15, -0.1) is 0 Å². The van der Waals surface area contributed by atoms with Crippen LogP contribution in [0.4, 0.5) is 10.6 Å². The molecule has 1 aliphatic carbocycles. The zero-order valence-electron chi connectivity index (χ0n) is 15.0. The number of pyridine rings is 1. The van der Waals surface area contributed by atoms with Gasteiger partial charge in [-0.25, -0.2) is 4.79 Å². The van der Waals surface area contributed by atoms with Gasteiger partial charge in [0.25, 0.3) is 0 Å². The summed E-state index contributed by atoms with van der Waals surface area (Å²) in [6.07, 6.45) is 6.35. The number of carbonyl (C=O) groups excluding carboxylic acids is 1. The molecule has 2 atom stereocenters. The van der Waals surface area contributed by atoms with Gasteiger partial charge in [0.05, 0.1) is 6.61 Å². The highest BCUT2D eigenvalue weighted by Gasteiger charge is 2.42. The Kier molecular flexibility index (Phi) is 4.79. The van der Waals surface area contributed by atoms with E-state index in [1.54, 1.807) is 6.07 Å². The molecule has 2 aliphatic heterocycles. The molecule has 0 radical (unpaired) electrons. The van der Waals surface area contributed by atoms with Crippen LogP contribution in [0.25, 0.3) is 0 Å². The van der Waals surface area contributed by atoms with Crippen molar-refractivity contribution in [1.29, 1.82) is 0 Å². The Hall–Kier alpha value is -1.82. The fraction of sp³-hybridized carbons (Fsp3) is 0.684. The van der Waals surface area contributed by atoms with E-state index in [2.05, 4.69) is 15.2 Å². The van der Waals surface area contributed by atoms with E-state index in [-0.39, 0.29) is 6.03 Å². The zero-order chi connectivity index (χ0) is 17.2. The molecule has 0 spiro atoms. The minimum absolute atomic E-state index is 0.0388. The molecule has 0 bridgehead atoms. The maximum atomic E-state index is 12.7. The fourth-order valence-corrected chi connectivity index (χ4v) is 4.39. The predicted molar refractivity (Wildman–Crippen MR) is 96.9 cm³/mol. The highest BCUT2D eigenvalue weighted by Crippen LogP contribution is 2.38. The van der Waals surface area contributed by atoms with E-state index in [9.17, 15) is 4.79 Å². The Morgan fingerprint density at radius 2 is 2.16 bits per heavy atom. The van der Waals surface area contributed by atoms with Crippen molar-refractivity contribution in [2.45, 2.75) is 51.1 Å². The van der Waals surface area contributed by atoms with E-state index < -0.39 is 0 Å². The van der Waals surface area contributed by atoms with E-state index in [0.717, 1.165) is 25.6 Å². The number of urea groups is 1. The number of hydrogen-bond donors (Lipinski definition) is 1. The second kappa shape index (κ2) is 7.20. The van der Waals surface area contributed by atoms with Crippen LogP contribution in [0, 0.1) is 5.92 Å². The van der Waals surface area contributed by atoms with Crippen LogP contribution in [0.5, 0.6) is 5.88 Å². The molecule has 6 nitrogen and oxygen atoms in total. The molecule has 4 rings (SSSR count). The number of nitrogens with one attached hydrogen (secondary N) is 1. The number of aromatic nitrogens is 1. The molecule has 3 heterocycles. The molecular formula is C19H28N4O2. The first kappa shape index (κ1) is 16.6. The molecule has 1 aromatic rings. The Balaban J connectivity index is 1.36. The van der Waals surface area contributed by atoms with Crippen LogP contribution >= 0.6 is 0 Å². The minimum Gasteiger partial charge on any atom is -0.478 e. The third-order valence-electron chi connectivity index (χ3n) is 5.66. The number of rotatable bonds is 4. The Labute approximate surface area is 149 Å². The number of hydrogen-bond acceptors (Lipinski definition) is 4. The van der Waals surface area contributed by atoms with Gasteiger partial charge in [-0.3, -0.25) is 10.2 Å². The molecule has 3 fully saturated rings. The molecule has 136 valence electrons. The lowest BCUT2D eigenvalue weighted by atomic mass is 9.84. The topological polar surface area (TPSA) is 57.7 Å². The summed E-state index contributed by atoms with van der Waals surface area (Å²) < 4.78 is 5.40. The SMILES string of the molecule is CCOc1cccc(NC(=O)N2CC[C@@H]3[C@@H](CCCN3C3CC3)C2)n1. The summed E-state index contributed by atoms with van der Waals surface area (Å²) in [5.74, 6) is 1.73. The number of piperidine rings is 2. The minimum atomic E-state index is -0.0388. The normalized spacial score (nSPS) is 26.8. The highest BCUT2D eigenvalue weighted by molar-refractivity contribution is 5.88. The van der Waals surface area contributed by atoms with Gasteiger partial charge in [-0.1, -0.05) is 6.07 Å². The summed E-state index contributed by atoms with van der Waals surface area (Å²) in [7, 11) is 0. The largest absolute Gasteiger partial charge is 0.478 e. The molecule has 3 aliphatic rings. The highest BCUT2D eigenvalue weighted by atomic mass is 16.5. The van der Waals surface area contributed by atoms with Crippen molar-refractivity contribution >= 4 is 11.8 Å². The molecule has 2 amide bonds. The molecule has 1 N–H and O–H groups in total. The Morgan fingerprint density at radius 1 is 1.28 bits per heavy atom. The average molecular weight is 344 g/mol. The first-order chi connectivity index (χ1) is 12.2. The van der Waals surface area contributed by atoms with Crippen molar-refractivity contribution in [3.05, 3.63) is 18.2 Å². The summed E-state index contributed by atoms with van der Waals surface area (Å²) >= 11 is 0. The van der Waals surface area contributed by atoms with Crippen molar-refractivity contribution in [3.63, 3.8) is 0 Å². The van der Waals surface area contributed by atoms with Crippen molar-refractivity contribution in [1.82, 2.24) is 14.8 Å². The zero-order valence-corrected chi connectivity index (χ0v) is 15.0. The molecule has 6 heteroatoms. The second-order valence-corrected chi connectivity index (χ2v) is 7.40. The first-order valence-corrected chi connectivity index (χ1v) is 9.66. The van der Waals surface area contributed by atoms with Crippen LogP contribution in [0.1, 0.15) is 39.0 Å². The third kappa shape index (κ3) is 3.73. The second-order valence-electron chi connectivity index (χ2n) is 7.40. The van der Waals surface area contributed by atoms with Crippen LogP contribution in [0.15, 0.2) is 18.2 Å². The quantitative estimate of drug-likeness (QED) is 0.912. The van der Waals surface area contributed by atoms with E-state index in [1.807, 2.05) is 24.0 Å². The van der Waals surface area contributed by atoms with Crippen molar-refractivity contribution in [2.75, 3.05) is 31.6 Å². The van der Waals surface area contributed by atoms with E-state index in [1.165, 1.54) is 32.2 Å². The molecular weight excluding hydrogens is 316 g/mol. The van der Waals surface area contributed by atoms with Gasteiger partial charge in [0.15, 0.2) is 0 Å². The maximum absolute atomic E-state index is 12.7. The number of amides is 2. The van der Waals surface area contributed by atoms with Crippen LogP contribution in [0.2, 0.25) is 0 Å². The number of carbonyl (C=O) groups is 1. The fourth-order valence-electron chi connectivity index (χ4n) is 4.39. The van der Waals surface area contributed by atoms with E-state index in [0.29, 0.717) is 30.3 Å². The summed E-state index contributed by atoms with van der Waals surface area (Å²) in [5, 5.41) is 2.93. The lowest BCUT2D eigenvalue weighted by molar-refractivity contribution is 0.0315. The lowest BCUT2D eigenvalue weighted by Gasteiger charge is -2.47. The number of anilines is 1. The van der Waals surface area contributed by atoms with Crippen molar-refractivity contribution < 1.29 is 9.53 Å².